The number of alkyl carbamates (subject to hydrolysis) is 1. The van der Waals surface area contributed by atoms with E-state index in [0.29, 0.717) is 35.8 Å². The van der Waals surface area contributed by atoms with E-state index in [4.69, 9.17) is 4.74 Å². The molecule has 0 spiro atoms. The zero-order valence-corrected chi connectivity index (χ0v) is 23.3. The lowest BCUT2D eigenvalue weighted by Crippen LogP contribution is -2.42. The van der Waals surface area contributed by atoms with Crippen molar-refractivity contribution in [2.75, 3.05) is 28.6 Å². The van der Waals surface area contributed by atoms with Crippen molar-refractivity contribution >= 4 is 35.1 Å². The highest BCUT2D eigenvalue weighted by atomic mass is 19.1. The summed E-state index contributed by atoms with van der Waals surface area (Å²) in [4.78, 5) is 44.3. The average Bonchev–Trinajstić information content (AvgIpc) is 3.16. The standard InChI is InChI=1S/C30H34FN5O4/c1-29(2,3)40-28(39)34-17-25(37)36-18-30(4,5)23-13-12-21(15-24(23)36)35-27(38)22-7-6-14-32-26(22)33-16-19-8-10-20(31)11-9-19/h6-15H,16-18H2,1-5H3,(H,32,33)(H,34,39)(H,35,38). The number of benzene rings is 2. The molecule has 4 rings (SSSR count). The molecule has 0 bridgehead atoms. The summed E-state index contributed by atoms with van der Waals surface area (Å²) < 4.78 is 18.4. The van der Waals surface area contributed by atoms with Gasteiger partial charge in [0.25, 0.3) is 5.91 Å². The van der Waals surface area contributed by atoms with Crippen molar-refractivity contribution in [3.8, 4) is 0 Å². The van der Waals surface area contributed by atoms with Crippen molar-refractivity contribution in [3.63, 3.8) is 0 Å². The number of ether oxygens (including phenoxy) is 1. The molecule has 3 amide bonds. The molecule has 0 aliphatic carbocycles. The summed E-state index contributed by atoms with van der Waals surface area (Å²) in [5.41, 5.74) is 2.31. The number of hydrogen-bond donors (Lipinski definition) is 3. The van der Waals surface area contributed by atoms with E-state index in [1.807, 2.05) is 19.9 Å². The largest absolute Gasteiger partial charge is 0.444 e. The van der Waals surface area contributed by atoms with Crippen LogP contribution in [0.25, 0.3) is 0 Å². The third-order valence-electron chi connectivity index (χ3n) is 6.34. The molecule has 0 saturated heterocycles. The molecule has 40 heavy (non-hydrogen) atoms. The van der Waals surface area contributed by atoms with Crippen LogP contribution in [0, 0.1) is 5.82 Å². The summed E-state index contributed by atoms with van der Waals surface area (Å²) in [6, 6.07) is 14.9. The highest BCUT2D eigenvalue weighted by Crippen LogP contribution is 2.42. The summed E-state index contributed by atoms with van der Waals surface area (Å²) in [7, 11) is 0. The number of hydrogen-bond acceptors (Lipinski definition) is 6. The van der Waals surface area contributed by atoms with Crippen molar-refractivity contribution in [2.45, 2.75) is 52.2 Å². The molecule has 1 aliphatic heterocycles. The first-order valence-corrected chi connectivity index (χ1v) is 13.0. The Morgan fingerprint density at radius 1 is 1.07 bits per heavy atom. The quantitative estimate of drug-likeness (QED) is 0.373. The van der Waals surface area contributed by atoms with Crippen molar-refractivity contribution in [3.05, 3.63) is 83.3 Å². The maximum absolute atomic E-state index is 13.2. The number of carbonyl (C=O) groups is 3. The van der Waals surface area contributed by atoms with Gasteiger partial charge in [0, 0.05) is 36.1 Å². The first kappa shape index (κ1) is 28.5. The van der Waals surface area contributed by atoms with E-state index in [1.54, 1.807) is 68.3 Å². The number of pyridine rings is 1. The maximum atomic E-state index is 13.2. The SMILES string of the molecule is CC(C)(C)OC(=O)NCC(=O)N1CC(C)(C)c2ccc(NC(=O)c3cccnc3NCc3ccc(F)cc3)cc21. The summed E-state index contributed by atoms with van der Waals surface area (Å²) in [5.74, 6) is -0.604. The molecule has 0 atom stereocenters. The van der Waals surface area contributed by atoms with Crippen molar-refractivity contribution < 1.29 is 23.5 Å². The van der Waals surface area contributed by atoms with Gasteiger partial charge in [-0.1, -0.05) is 32.0 Å². The number of aromatic nitrogens is 1. The number of rotatable bonds is 7. The molecule has 0 unspecified atom stereocenters. The van der Waals surface area contributed by atoms with Crippen LogP contribution >= 0.6 is 0 Å². The average molecular weight is 548 g/mol. The zero-order valence-electron chi connectivity index (χ0n) is 23.3. The number of nitrogens with one attached hydrogen (secondary N) is 3. The molecule has 2 aromatic carbocycles. The van der Waals surface area contributed by atoms with E-state index in [2.05, 4.69) is 20.9 Å². The molecule has 3 N–H and O–H groups in total. The molecular formula is C30H34FN5O4. The second-order valence-corrected chi connectivity index (χ2v) is 11.3. The monoisotopic (exact) mass is 547 g/mol. The number of amides is 3. The molecule has 1 aliphatic rings. The van der Waals surface area contributed by atoms with E-state index in [1.165, 1.54) is 12.1 Å². The van der Waals surface area contributed by atoms with Crippen LogP contribution in [-0.2, 0) is 21.5 Å². The van der Waals surface area contributed by atoms with Crippen molar-refractivity contribution in [2.24, 2.45) is 0 Å². The third kappa shape index (κ3) is 6.93. The fourth-order valence-corrected chi connectivity index (χ4v) is 4.47. The Morgan fingerprint density at radius 3 is 2.50 bits per heavy atom. The van der Waals surface area contributed by atoms with Gasteiger partial charge in [0.05, 0.1) is 5.56 Å². The Labute approximate surface area is 233 Å². The molecule has 10 heteroatoms. The minimum atomic E-state index is -0.674. The first-order valence-electron chi connectivity index (χ1n) is 13.0. The molecule has 0 saturated carbocycles. The lowest BCUT2D eigenvalue weighted by Gasteiger charge is -2.22. The molecule has 0 fully saturated rings. The summed E-state index contributed by atoms with van der Waals surface area (Å²) >= 11 is 0. The summed E-state index contributed by atoms with van der Waals surface area (Å²) in [6.45, 7) is 9.88. The van der Waals surface area contributed by atoms with E-state index in [0.717, 1.165) is 11.1 Å². The van der Waals surface area contributed by atoms with Gasteiger partial charge >= 0.3 is 6.09 Å². The Balaban J connectivity index is 1.47. The van der Waals surface area contributed by atoms with Crippen molar-refractivity contribution in [1.82, 2.24) is 10.3 Å². The van der Waals surface area contributed by atoms with Gasteiger partial charge in [-0.05, 0) is 68.3 Å². The lowest BCUT2D eigenvalue weighted by atomic mass is 9.87. The summed E-state index contributed by atoms with van der Waals surface area (Å²) in [5, 5.41) is 8.56. The molecule has 210 valence electrons. The topological polar surface area (TPSA) is 113 Å². The summed E-state index contributed by atoms with van der Waals surface area (Å²) in [6.07, 6.45) is 0.914. The number of carbonyl (C=O) groups excluding carboxylic acids is 3. The molecule has 1 aromatic heterocycles. The zero-order chi connectivity index (χ0) is 29.1. The van der Waals surface area contributed by atoms with Crippen molar-refractivity contribution in [1.29, 1.82) is 0 Å². The minimum absolute atomic E-state index is 0.222. The molecular weight excluding hydrogens is 513 g/mol. The highest BCUT2D eigenvalue weighted by molar-refractivity contribution is 6.08. The number of fused-ring (bicyclic) bond motifs is 1. The highest BCUT2D eigenvalue weighted by Gasteiger charge is 2.38. The smallest absolute Gasteiger partial charge is 0.408 e. The Hall–Kier alpha value is -4.47. The van der Waals surface area contributed by atoms with E-state index in [9.17, 15) is 18.8 Å². The van der Waals surface area contributed by atoms with E-state index in [-0.39, 0.29) is 29.6 Å². The van der Waals surface area contributed by atoms with Gasteiger partial charge in [-0.3, -0.25) is 9.59 Å². The molecule has 2 heterocycles. The van der Waals surface area contributed by atoms with Gasteiger partial charge in [-0.15, -0.1) is 0 Å². The van der Waals surface area contributed by atoms with E-state index < -0.39 is 11.7 Å². The molecule has 3 aromatic rings. The molecule has 0 radical (unpaired) electrons. The Morgan fingerprint density at radius 2 is 1.80 bits per heavy atom. The van der Waals surface area contributed by atoms with Crippen LogP contribution in [0.2, 0.25) is 0 Å². The van der Waals surface area contributed by atoms with Crippen LogP contribution in [0.5, 0.6) is 0 Å². The van der Waals surface area contributed by atoms with Crippen LogP contribution in [-0.4, -0.2) is 41.6 Å². The van der Waals surface area contributed by atoms with E-state index >= 15 is 0 Å². The van der Waals surface area contributed by atoms with Gasteiger partial charge in [-0.25, -0.2) is 14.2 Å². The number of nitrogens with zero attached hydrogens (tertiary/aromatic N) is 2. The second-order valence-electron chi connectivity index (χ2n) is 11.3. The number of halogens is 1. The predicted molar refractivity (Wildman–Crippen MR) is 152 cm³/mol. The minimum Gasteiger partial charge on any atom is -0.444 e. The van der Waals surface area contributed by atoms with Gasteiger partial charge < -0.3 is 25.6 Å². The molecule has 9 nitrogen and oxygen atoms in total. The number of anilines is 3. The third-order valence-corrected chi connectivity index (χ3v) is 6.34. The normalized spacial score (nSPS) is 13.8. The van der Waals surface area contributed by atoms with Gasteiger partial charge in [0.2, 0.25) is 5.91 Å². The van der Waals surface area contributed by atoms with Crippen LogP contribution in [0.3, 0.4) is 0 Å². The predicted octanol–water partition coefficient (Wildman–Crippen LogP) is 5.23. The van der Waals surface area contributed by atoms with Crippen LogP contribution in [0.1, 0.15) is 56.1 Å². The van der Waals surface area contributed by atoms with Gasteiger partial charge in [-0.2, -0.15) is 0 Å². The Bertz CT molecular complexity index is 1420. The fraction of sp³-hybridized carbons (Fsp3) is 0.333. The Kier molecular flexibility index (Phi) is 8.08. The lowest BCUT2D eigenvalue weighted by molar-refractivity contribution is -0.117. The first-order chi connectivity index (χ1) is 18.8. The fourth-order valence-electron chi connectivity index (χ4n) is 4.47. The maximum Gasteiger partial charge on any atom is 0.408 e. The van der Waals surface area contributed by atoms with Crippen LogP contribution in [0.15, 0.2) is 60.8 Å². The van der Waals surface area contributed by atoms with Gasteiger partial charge in [0.15, 0.2) is 0 Å². The van der Waals surface area contributed by atoms with Crippen LogP contribution in [0.4, 0.5) is 26.4 Å². The van der Waals surface area contributed by atoms with Gasteiger partial charge in [0.1, 0.15) is 23.8 Å². The second kappa shape index (κ2) is 11.3. The van der Waals surface area contributed by atoms with Crippen LogP contribution < -0.4 is 20.9 Å².